The van der Waals surface area contributed by atoms with E-state index in [0.717, 1.165) is 12.8 Å². The van der Waals surface area contributed by atoms with Gasteiger partial charge in [-0.25, -0.2) is 4.79 Å². The van der Waals surface area contributed by atoms with Crippen LogP contribution in [-0.2, 0) is 9.53 Å². The van der Waals surface area contributed by atoms with Crippen LogP contribution in [0, 0.1) is 5.92 Å². The lowest BCUT2D eigenvalue weighted by molar-refractivity contribution is -0.139. The molecule has 0 radical (unpaired) electrons. The van der Waals surface area contributed by atoms with Crippen molar-refractivity contribution >= 4 is 12.0 Å². The molecule has 6 heteroatoms. The highest BCUT2D eigenvalue weighted by Gasteiger charge is 2.36. The normalized spacial score (nSPS) is 23.9. The van der Waals surface area contributed by atoms with Gasteiger partial charge in [-0.15, -0.1) is 0 Å². The summed E-state index contributed by atoms with van der Waals surface area (Å²) in [6, 6.07) is 0.0267. The van der Waals surface area contributed by atoms with E-state index < -0.39 is 12.1 Å². The smallest absolute Gasteiger partial charge is 0.315 e. The van der Waals surface area contributed by atoms with Crippen LogP contribution in [0.4, 0.5) is 4.79 Å². The summed E-state index contributed by atoms with van der Waals surface area (Å²) in [7, 11) is 1.43. The van der Waals surface area contributed by atoms with Gasteiger partial charge in [0.15, 0.2) is 0 Å². The number of carbonyl (C=O) groups is 2. The van der Waals surface area contributed by atoms with Gasteiger partial charge in [0.25, 0.3) is 0 Å². The lowest BCUT2D eigenvalue weighted by Crippen LogP contribution is -2.42. The molecule has 0 saturated heterocycles. The number of hydrogen-bond acceptors (Lipinski definition) is 3. The van der Waals surface area contributed by atoms with E-state index in [1.165, 1.54) is 7.11 Å². The number of nitrogens with one attached hydrogen (secondary N) is 2. The summed E-state index contributed by atoms with van der Waals surface area (Å²) in [6.07, 6.45) is 1.51. The summed E-state index contributed by atoms with van der Waals surface area (Å²) in [5.41, 5.74) is 0. The number of urea groups is 1. The largest absolute Gasteiger partial charge is 0.481 e. The SMILES string of the molecule is CCC1CC1NC(=O)NCC(CC(=O)O)OC. The molecule has 17 heavy (non-hydrogen) atoms. The highest BCUT2D eigenvalue weighted by Crippen LogP contribution is 2.32. The minimum atomic E-state index is -0.938. The molecule has 0 aromatic rings. The van der Waals surface area contributed by atoms with E-state index in [1.54, 1.807) is 0 Å². The van der Waals surface area contributed by atoms with Crippen LogP contribution in [0.15, 0.2) is 0 Å². The van der Waals surface area contributed by atoms with Crippen LogP contribution < -0.4 is 10.6 Å². The van der Waals surface area contributed by atoms with Gasteiger partial charge in [0.2, 0.25) is 0 Å². The maximum Gasteiger partial charge on any atom is 0.315 e. The first-order valence-corrected chi connectivity index (χ1v) is 5.85. The Kier molecular flexibility index (Phi) is 5.21. The lowest BCUT2D eigenvalue weighted by atomic mass is 10.2. The second kappa shape index (κ2) is 6.44. The number of amides is 2. The molecule has 3 unspecified atom stereocenters. The van der Waals surface area contributed by atoms with Gasteiger partial charge in [0.05, 0.1) is 12.5 Å². The molecule has 1 saturated carbocycles. The van der Waals surface area contributed by atoms with Crippen LogP contribution >= 0.6 is 0 Å². The Hall–Kier alpha value is -1.30. The summed E-state index contributed by atoms with van der Waals surface area (Å²) >= 11 is 0. The predicted molar refractivity (Wildman–Crippen MR) is 61.8 cm³/mol. The summed E-state index contributed by atoms with van der Waals surface area (Å²) in [4.78, 5) is 21.9. The predicted octanol–water partition coefficient (Wildman–Crippen LogP) is 0.574. The molecule has 0 heterocycles. The first-order chi connectivity index (χ1) is 8.06. The van der Waals surface area contributed by atoms with E-state index in [-0.39, 0.29) is 25.0 Å². The number of carbonyl (C=O) groups excluding carboxylic acids is 1. The van der Waals surface area contributed by atoms with Gasteiger partial charge in [0, 0.05) is 19.7 Å². The Morgan fingerprint density at radius 2 is 2.24 bits per heavy atom. The van der Waals surface area contributed by atoms with Crippen LogP contribution in [0.2, 0.25) is 0 Å². The second-order valence-corrected chi connectivity index (χ2v) is 4.32. The molecule has 1 aliphatic carbocycles. The van der Waals surface area contributed by atoms with Crippen molar-refractivity contribution in [3.8, 4) is 0 Å². The molecule has 0 spiro atoms. The van der Waals surface area contributed by atoms with Crippen molar-refractivity contribution in [2.45, 2.75) is 38.3 Å². The van der Waals surface area contributed by atoms with E-state index in [1.807, 2.05) is 0 Å². The van der Waals surface area contributed by atoms with E-state index in [9.17, 15) is 9.59 Å². The zero-order chi connectivity index (χ0) is 12.8. The molecule has 3 atom stereocenters. The molecule has 0 aliphatic heterocycles. The second-order valence-electron chi connectivity index (χ2n) is 4.32. The van der Waals surface area contributed by atoms with Crippen molar-refractivity contribution in [2.24, 2.45) is 5.92 Å². The van der Waals surface area contributed by atoms with E-state index in [4.69, 9.17) is 9.84 Å². The first-order valence-electron chi connectivity index (χ1n) is 5.85. The van der Waals surface area contributed by atoms with E-state index in [0.29, 0.717) is 5.92 Å². The van der Waals surface area contributed by atoms with Crippen molar-refractivity contribution in [1.82, 2.24) is 10.6 Å². The topological polar surface area (TPSA) is 87.7 Å². The molecule has 98 valence electrons. The van der Waals surface area contributed by atoms with Gasteiger partial charge in [0.1, 0.15) is 0 Å². The summed E-state index contributed by atoms with van der Waals surface area (Å²) < 4.78 is 4.95. The third-order valence-corrected chi connectivity index (χ3v) is 2.99. The van der Waals surface area contributed by atoms with Crippen LogP contribution in [0.5, 0.6) is 0 Å². The molecule has 1 aliphatic rings. The van der Waals surface area contributed by atoms with Gasteiger partial charge in [-0.3, -0.25) is 4.79 Å². The summed E-state index contributed by atoms with van der Waals surface area (Å²) in [5.74, 6) is -0.342. The number of rotatable bonds is 7. The Balaban J connectivity index is 2.15. The highest BCUT2D eigenvalue weighted by atomic mass is 16.5. The van der Waals surface area contributed by atoms with Gasteiger partial charge in [-0.2, -0.15) is 0 Å². The molecular formula is C11H20N2O4. The maximum absolute atomic E-state index is 11.4. The average molecular weight is 244 g/mol. The van der Waals surface area contributed by atoms with Gasteiger partial charge >= 0.3 is 12.0 Å². The van der Waals surface area contributed by atoms with Crippen molar-refractivity contribution < 1.29 is 19.4 Å². The molecule has 2 amide bonds. The van der Waals surface area contributed by atoms with Gasteiger partial charge < -0.3 is 20.5 Å². The van der Waals surface area contributed by atoms with E-state index in [2.05, 4.69) is 17.6 Å². The van der Waals surface area contributed by atoms with Crippen molar-refractivity contribution in [3.05, 3.63) is 0 Å². The molecule has 0 aromatic carbocycles. The third kappa shape index (κ3) is 5.04. The fraction of sp³-hybridized carbons (Fsp3) is 0.818. The number of aliphatic carboxylic acids is 1. The standard InChI is InChI=1S/C11H20N2O4/c1-3-7-4-9(7)13-11(16)12-6-8(17-2)5-10(14)15/h7-9H,3-6H2,1-2H3,(H,14,15)(H2,12,13,16). The minimum Gasteiger partial charge on any atom is -0.481 e. The zero-order valence-corrected chi connectivity index (χ0v) is 10.2. The number of carboxylic acid groups (broad SMARTS) is 1. The van der Waals surface area contributed by atoms with E-state index >= 15 is 0 Å². The Morgan fingerprint density at radius 3 is 2.71 bits per heavy atom. The summed E-state index contributed by atoms with van der Waals surface area (Å²) in [6.45, 7) is 2.30. The molecule has 0 bridgehead atoms. The van der Waals surface area contributed by atoms with Crippen molar-refractivity contribution in [2.75, 3.05) is 13.7 Å². The Morgan fingerprint density at radius 1 is 1.53 bits per heavy atom. The van der Waals surface area contributed by atoms with Crippen LogP contribution in [0.3, 0.4) is 0 Å². The highest BCUT2D eigenvalue weighted by molar-refractivity contribution is 5.74. The van der Waals surface area contributed by atoms with Gasteiger partial charge in [-0.05, 0) is 12.3 Å². The van der Waals surface area contributed by atoms with Crippen LogP contribution in [0.25, 0.3) is 0 Å². The third-order valence-electron chi connectivity index (χ3n) is 2.99. The Labute approximate surface area is 101 Å². The maximum atomic E-state index is 11.4. The molecule has 1 rings (SSSR count). The lowest BCUT2D eigenvalue weighted by Gasteiger charge is -2.14. The van der Waals surface area contributed by atoms with Crippen molar-refractivity contribution in [1.29, 1.82) is 0 Å². The fourth-order valence-corrected chi connectivity index (χ4v) is 1.74. The molecule has 0 aromatic heterocycles. The molecular weight excluding hydrogens is 224 g/mol. The zero-order valence-electron chi connectivity index (χ0n) is 10.2. The van der Waals surface area contributed by atoms with Gasteiger partial charge in [-0.1, -0.05) is 13.3 Å². The van der Waals surface area contributed by atoms with Crippen LogP contribution in [0.1, 0.15) is 26.2 Å². The number of methoxy groups -OCH3 is 1. The molecule has 1 fully saturated rings. The molecule has 3 N–H and O–H groups in total. The quantitative estimate of drug-likeness (QED) is 0.611. The Bertz CT molecular complexity index is 283. The number of ether oxygens (including phenoxy) is 1. The average Bonchev–Trinajstić information content (AvgIpc) is 3.02. The number of hydrogen-bond donors (Lipinski definition) is 3. The first kappa shape index (κ1) is 13.8. The van der Waals surface area contributed by atoms with Crippen LogP contribution in [-0.4, -0.2) is 42.9 Å². The number of carboxylic acids is 1. The van der Waals surface area contributed by atoms with Crippen molar-refractivity contribution in [3.63, 3.8) is 0 Å². The fourth-order valence-electron chi connectivity index (χ4n) is 1.74. The minimum absolute atomic E-state index is 0.113. The monoisotopic (exact) mass is 244 g/mol. The summed E-state index contributed by atoms with van der Waals surface area (Å²) in [5, 5.41) is 14.0. The molecule has 6 nitrogen and oxygen atoms in total.